The van der Waals surface area contributed by atoms with Gasteiger partial charge in [0.2, 0.25) is 0 Å². The first kappa shape index (κ1) is 13.3. The Labute approximate surface area is 105 Å². The predicted octanol–water partition coefficient (Wildman–Crippen LogP) is 0.376. The van der Waals surface area contributed by atoms with Crippen molar-refractivity contribution in [2.75, 3.05) is 46.9 Å². The van der Waals surface area contributed by atoms with E-state index in [-0.39, 0.29) is 0 Å². The highest BCUT2D eigenvalue weighted by molar-refractivity contribution is 4.91. The third-order valence-electron chi connectivity index (χ3n) is 4.52. The average Bonchev–Trinajstić information content (AvgIpc) is 2.36. The second-order valence-corrected chi connectivity index (χ2v) is 5.58. The summed E-state index contributed by atoms with van der Waals surface area (Å²) in [4.78, 5) is 5.10. The van der Waals surface area contributed by atoms with Gasteiger partial charge in [-0.25, -0.2) is 0 Å². The second-order valence-electron chi connectivity index (χ2n) is 5.58. The molecule has 0 aliphatic carbocycles. The molecular weight excluding hydrogens is 214 g/mol. The first-order valence-corrected chi connectivity index (χ1v) is 6.89. The Balaban J connectivity index is 1.92. The van der Waals surface area contributed by atoms with Crippen molar-refractivity contribution in [1.29, 1.82) is 0 Å². The van der Waals surface area contributed by atoms with Crippen molar-refractivity contribution in [3.05, 3.63) is 0 Å². The fourth-order valence-corrected chi connectivity index (χ4v) is 3.53. The van der Waals surface area contributed by atoms with Gasteiger partial charge in [0.05, 0.1) is 6.61 Å². The molecule has 0 aromatic rings. The molecule has 17 heavy (non-hydrogen) atoms. The minimum atomic E-state index is 0.410. The molecule has 4 nitrogen and oxygen atoms in total. The first-order valence-electron chi connectivity index (χ1n) is 6.89. The number of likely N-dealkylation sites (tertiary alicyclic amines) is 2. The van der Waals surface area contributed by atoms with Crippen LogP contribution >= 0.6 is 0 Å². The van der Waals surface area contributed by atoms with E-state index < -0.39 is 0 Å². The largest absolute Gasteiger partial charge is 0.383 e. The molecular formula is C13H27N3O. The van der Waals surface area contributed by atoms with Crippen LogP contribution in [0.1, 0.15) is 19.3 Å². The van der Waals surface area contributed by atoms with Crippen molar-refractivity contribution >= 4 is 0 Å². The number of piperidine rings is 2. The van der Waals surface area contributed by atoms with Crippen molar-refractivity contribution in [2.45, 2.75) is 31.3 Å². The molecule has 2 fully saturated rings. The van der Waals surface area contributed by atoms with Gasteiger partial charge < -0.3 is 15.4 Å². The summed E-state index contributed by atoms with van der Waals surface area (Å²) in [5, 5.41) is 0. The van der Waals surface area contributed by atoms with Gasteiger partial charge in [-0.3, -0.25) is 4.90 Å². The SMILES string of the molecule is COCC(CN)N1CCC2C(CCCN2C)C1. The van der Waals surface area contributed by atoms with E-state index in [1.807, 2.05) is 0 Å². The first-order chi connectivity index (χ1) is 8.26. The van der Waals surface area contributed by atoms with Gasteiger partial charge in [0.15, 0.2) is 0 Å². The number of fused-ring (bicyclic) bond motifs is 1. The summed E-state index contributed by atoms with van der Waals surface area (Å²) in [7, 11) is 4.05. The van der Waals surface area contributed by atoms with E-state index in [4.69, 9.17) is 10.5 Å². The molecule has 0 spiro atoms. The summed E-state index contributed by atoms with van der Waals surface area (Å²) in [6.07, 6.45) is 4.03. The van der Waals surface area contributed by atoms with Crippen LogP contribution in [0.4, 0.5) is 0 Å². The zero-order chi connectivity index (χ0) is 12.3. The quantitative estimate of drug-likeness (QED) is 0.772. The van der Waals surface area contributed by atoms with Gasteiger partial charge in [0.25, 0.3) is 0 Å². The number of hydrogen-bond acceptors (Lipinski definition) is 4. The van der Waals surface area contributed by atoms with E-state index in [1.54, 1.807) is 7.11 Å². The summed E-state index contributed by atoms with van der Waals surface area (Å²) in [5.41, 5.74) is 5.85. The lowest BCUT2D eigenvalue weighted by atomic mass is 9.83. The molecule has 0 saturated carbocycles. The minimum absolute atomic E-state index is 0.410. The average molecular weight is 241 g/mol. The number of rotatable bonds is 4. The monoisotopic (exact) mass is 241 g/mol. The fraction of sp³-hybridized carbons (Fsp3) is 1.00. The van der Waals surface area contributed by atoms with Crippen LogP contribution in [-0.2, 0) is 4.74 Å². The van der Waals surface area contributed by atoms with Crippen molar-refractivity contribution in [1.82, 2.24) is 9.80 Å². The van der Waals surface area contributed by atoms with Crippen molar-refractivity contribution in [2.24, 2.45) is 11.7 Å². The summed E-state index contributed by atoms with van der Waals surface area (Å²) in [5.74, 6) is 0.841. The smallest absolute Gasteiger partial charge is 0.0630 e. The Morgan fingerprint density at radius 1 is 1.35 bits per heavy atom. The maximum Gasteiger partial charge on any atom is 0.0630 e. The number of ether oxygens (including phenoxy) is 1. The molecule has 100 valence electrons. The molecule has 3 unspecified atom stereocenters. The second kappa shape index (κ2) is 6.14. The molecule has 2 heterocycles. The lowest BCUT2D eigenvalue weighted by molar-refractivity contribution is 0.00356. The Morgan fingerprint density at radius 3 is 2.88 bits per heavy atom. The van der Waals surface area contributed by atoms with Crippen LogP contribution in [0.3, 0.4) is 0 Å². The van der Waals surface area contributed by atoms with Gasteiger partial charge in [0.1, 0.15) is 0 Å². The molecule has 4 heteroatoms. The number of nitrogens with zero attached hydrogens (tertiary/aromatic N) is 2. The van der Waals surface area contributed by atoms with Crippen LogP contribution < -0.4 is 5.73 Å². The van der Waals surface area contributed by atoms with Gasteiger partial charge in [-0.1, -0.05) is 0 Å². The van der Waals surface area contributed by atoms with E-state index >= 15 is 0 Å². The fourth-order valence-electron chi connectivity index (χ4n) is 3.53. The Kier molecular flexibility index (Phi) is 4.79. The van der Waals surface area contributed by atoms with Gasteiger partial charge in [0, 0.05) is 38.8 Å². The van der Waals surface area contributed by atoms with Crippen molar-refractivity contribution in [3.8, 4) is 0 Å². The van der Waals surface area contributed by atoms with E-state index in [9.17, 15) is 0 Å². The number of nitrogens with two attached hydrogens (primary N) is 1. The van der Waals surface area contributed by atoms with Crippen LogP contribution in [0.25, 0.3) is 0 Å². The molecule has 0 aromatic heterocycles. The van der Waals surface area contributed by atoms with Crippen molar-refractivity contribution in [3.63, 3.8) is 0 Å². The minimum Gasteiger partial charge on any atom is -0.383 e. The Hall–Kier alpha value is -0.160. The summed E-state index contributed by atoms with van der Waals surface area (Å²) < 4.78 is 5.27. The molecule has 0 bridgehead atoms. The summed E-state index contributed by atoms with van der Waals surface area (Å²) in [6, 6.07) is 1.22. The maximum atomic E-state index is 5.85. The summed E-state index contributed by atoms with van der Waals surface area (Å²) in [6.45, 7) is 5.14. The molecule has 3 atom stereocenters. The normalized spacial score (nSPS) is 33.4. The van der Waals surface area contributed by atoms with Crippen molar-refractivity contribution < 1.29 is 4.74 Å². The number of methoxy groups -OCH3 is 1. The van der Waals surface area contributed by atoms with Gasteiger partial charge in [-0.2, -0.15) is 0 Å². The van der Waals surface area contributed by atoms with Gasteiger partial charge >= 0.3 is 0 Å². The van der Waals surface area contributed by atoms with E-state index in [0.29, 0.717) is 12.6 Å². The molecule has 0 amide bonds. The highest BCUT2D eigenvalue weighted by atomic mass is 16.5. The summed E-state index contributed by atoms with van der Waals surface area (Å²) >= 11 is 0. The van der Waals surface area contributed by atoms with Crippen LogP contribution in [0.15, 0.2) is 0 Å². The lowest BCUT2D eigenvalue weighted by Gasteiger charge is -2.47. The molecule has 2 rings (SSSR count). The van der Waals surface area contributed by atoms with Crippen LogP contribution in [0, 0.1) is 5.92 Å². The van der Waals surface area contributed by atoms with E-state index in [2.05, 4.69) is 16.8 Å². The van der Waals surface area contributed by atoms with E-state index in [1.165, 1.54) is 38.9 Å². The van der Waals surface area contributed by atoms with Crippen LogP contribution in [0.5, 0.6) is 0 Å². The Morgan fingerprint density at radius 2 is 2.18 bits per heavy atom. The van der Waals surface area contributed by atoms with Crippen LogP contribution in [0.2, 0.25) is 0 Å². The topological polar surface area (TPSA) is 41.7 Å². The van der Waals surface area contributed by atoms with E-state index in [0.717, 1.165) is 18.6 Å². The maximum absolute atomic E-state index is 5.85. The Bertz CT molecular complexity index is 237. The van der Waals surface area contributed by atoms with Crippen LogP contribution in [-0.4, -0.2) is 68.8 Å². The standard InChI is InChI=1S/C13H27N3O/c1-15-6-3-4-11-9-16(7-5-13(11)15)12(8-14)10-17-2/h11-13H,3-10,14H2,1-2H3. The molecule has 0 radical (unpaired) electrons. The highest BCUT2D eigenvalue weighted by Gasteiger charge is 2.35. The highest BCUT2D eigenvalue weighted by Crippen LogP contribution is 2.30. The molecule has 0 aromatic carbocycles. The third-order valence-corrected chi connectivity index (χ3v) is 4.52. The molecule has 2 saturated heterocycles. The number of hydrogen-bond donors (Lipinski definition) is 1. The predicted molar refractivity (Wildman–Crippen MR) is 70.1 cm³/mol. The van der Waals surface area contributed by atoms with Gasteiger partial charge in [-0.05, 0) is 38.8 Å². The van der Waals surface area contributed by atoms with Gasteiger partial charge in [-0.15, -0.1) is 0 Å². The third kappa shape index (κ3) is 2.99. The molecule has 2 N–H and O–H groups in total. The zero-order valence-electron chi connectivity index (χ0n) is 11.3. The molecule has 2 aliphatic rings. The lowest BCUT2D eigenvalue weighted by Crippen LogP contribution is -2.56. The molecule has 2 aliphatic heterocycles. The zero-order valence-corrected chi connectivity index (χ0v) is 11.3.